The van der Waals surface area contributed by atoms with Crippen LogP contribution in [0.1, 0.15) is 5.56 Å². The molecule has 0 radical (unpaired) electrons. The molecule has 24 heavy (non-hydrogen) atoms. The van der Waals surface area contributed by atoms with E-state index in [-0.39, 0.29) is 12.5 Å². The van der Waals surface area contributed by atoms with Gasteiger partial charge in [-0.3, -0.25) is 4.79 Å². The number of rotatable bonds is 6. The number of hydrogen-bond acceptors (Lipinski definition) is 2. The normalized spacial score (nSPS) is 10.5. The molecular weight excluding hydrogens is 322 g/mol. The molecule has 122 valence electrons. The number of carbonyl (C=O) groups excluding carboxylic acids is 1. The highest BCUT2D eigenvalue weighted by Crippen LogP contribution is 2.20. The number of hydrogen-bond donors (Lipinski definition) is 1. The maximum Gasteiger partial charge on any atom is 0.257 e. The molecule has 0 bridgehead atoms. The second kappa shape index (κ2) is 7.84. The summed E-state index contributed by atoms with van der Waals surface area (Å²) in [7, 11) is 0. The average Bonchev–Trinajstić information content (AvgIpc) is 2.60. The largest absolute Gasteiger partial charge is 0.484 e. The van der Waals surface area contributed by atoms with Crippen molar-refractivity contribution >= 4 is 28.3 Å². The minimum atomic E-state index is -0.134. The molecule has 0 unspecified atom stereocenters. The molecule has 0 saturated heterocycles. The molecule has 3 aromatic carbocycles. The fourth-order valence-corrected chi connectivity index (χ4v) is 2.71. The monoisotopic (exact) mass is 339 g/mol. The van der Waals surface area contributed by atoms with E-state index in [1.165, 1.54) is 0 Å². The first-order chi connectivity index (χ1) is 11.7. The van der Waals surface area contributed by atoms with Crippen LogP contribution in [-0.4, -0.2) is 19.1 Å². The molecule has 3 nitrogen and oxygen atoms in total. The first kappa shape index (κ1) is 16.3. The Kier molecular flexibility index (Phi) is 5.34. The molecule has 0 aliphatic rings. The van der Waals surface area contributed by atoms with E-state index in [2.05, 4.69) is 5.32 Å². The van der Waals surface area contributed by atoms with Crippen molar-refractivity contribution in [2.75, 3.05) is 13.2 Å². The van der Waals surface area contributed by atoms with Crippen molar-refractivity contribution in [3.8, 4) is 5.75 Å². The first-order valence-corrected chi connectivity index (χ1v) is 8.21. The zero-order chi connectivity index (χ0) is 16.8. The summed E-state index contributed by atoms with van der Waals surface area (Å²) >= 11 is 5.94. The molecule has 0 saturated carbocycles. The average molecular weight is 340 g/mol. The third-order valence-electron chi connectivity index (χ3n) is 3.72. The Balaban J connectivity index is 1.46. The van der Waals surface area contributed by atoms with E-state index in [9.17, 15) is 4.79 Å². The standard InChI is InChI=1S/C20H18ClNO2/c21-18-7-3-4-15(12-18)10-11-22-20(23)14-24-19-9-8-16-5-1-2-6-17(16)13-19/h1-9,12-13H,10-11,14H2,(H,22,23). The van der Waals surface area contributed by atoms with Crippen LogP contribution in [0.4, 0.5) is 0 Å². The van der Waals surface area contributed by atoms with Gasteiger partial charge < -0.3 is 10.1 Å². The van der Waals surface area contributed by atoms with Crippen LogP contribution in [0.3, 0.4) is 0 Å². The van der Waals surface area contributed by atoms with Crippen LogP contribution in [0.25, 0.3) is 10.8 Å². The number of halogens is 1. The predicted octanol–water partition coefficient (Wildman–Crippen LogP) is 4.23. The predicted molar refractivity (Wildman–Crippen MR) is 97.6 cm³/mol. The summed E-state index contributed by atoms with van der Waals surface area (Å²) in [6.45, 7) is 0.564. The molecule has 3 aromatic rings. The molecular formula is C20H18ClNO2. The van der Waals surface area contributed by atoms with Gasteiger partial charge in [-0.05, 0) is 47.0 Å². The lowest BCUT2D eigenvalue weighted by atomic mass is 10.1. The highest BCUT2D eigenvalue weighted by molar-refractivity contribution is 6.30. The molecule has 0 fully saturated rings. The Morgan fingerprint density at radius 2 is 1.79 bits per heavy atom. The van der Waals surface area contributed by atoms with E-state index < -0.39 is 0 Å². The molecule has 1 N–H and O–H groups in total. The Morgan fingerprint density at radius 3 is 2.62 bits per heavy atom. The maximum absolute atomic E-state index is 11.9. The number of fused-ring (bicyclic) bond motifs is 1. The van der Waals surface area contributed by atoms with E-state index in [0.29, 0.717) is 17.3 Å². The molecule has 0 aromatic heterocycles. The van der Waals surface area contributed by atoms with Gasteiger partial charge in [0.1, 0.15) is 5.75 Å². The van der Waals surface area contributed by atoms with Gasteiger partial charge in [0.15, 0.2) is 6.61 Å². The summed E-state index contributed by atoms with van der Waals surface area (Å²) in [5.41, 5.74) is 1.10. The van der Waals surface area contributed by atoms with E-state index in [1.807, 2.05) is 66.7 Å². The molecule has 0 atom stereocenters. The van der Waals surface area contributed by atoms with Crippen molar-refractivity contribution < 1.29 is 9.53 Å². The highest BCUT2D eigenvalue weighted by Gasteiger charge is 2.03. The second-order valence-electron chi connectivity index (χ2n) is 5.53. The van der Waals surface area contributed by atoms with Crippen molar-refractivity contribution in [1.82, 2.24) is 5.32 Å². The minimum absolute atomic E-state index is 0.00782. The van der Waals surface area contributed by atoms with Gasteiger partial charge >= 0.3 is 0 Å². The van der Waals surface area contributed by atoms with Crippen molar-refractivity contribution in [1.29, 1.82) is 0 Å². The molecule has 0 spiro atoms. The lowest BCUT2D eigenvalue weighted by molar-refractivity contribution is -0.123. The summed E-state index contributed by atoms with van der Waals surface area (Å²) in [6, 6.07) is 21.5. The number of amides is 1. The maximum atomic E-state index is 11.9. The van der Waals surface area contributed by atoms with Gasteiger partial charge in [0.2, 0.25) is 0 Å². The number of carbonyl (C=O) groups is 1. The molecule has 3 rings (SSSR count). The third-order valence-corrected chi connectivity index (χ3v) is 3.95. The van der Waals surface area contributed by atoms with Crippen LogP contribution in [-0.2, 0) is 11.2 Å². The number of ether oxygens (including phenoxy) is 1. The quantitative estimate of drug-likeness (QED) is 0.729. The van der Waals surface area contributed by atoms with E-state index >= 15 is 0 Å². The molecule has 0 aliphatic heterocycles. The Labute approximate surface area is 146 Å². The Hall–Kier alpha value is -2.52. The second-order valence-corrected chi connectivity index (χ2v) is 5.96. The van der Waals surface area contributed by atoms with Crippen LogP contribution in [0.5, 0.6) is 5.75 Å². The van der Waals surface area contributed by atoms with Gasteiger partial charge in [-0.1, -0.05) is 54.1 Å². The van der Waals surface area contributed by atoms with Crippen molar-refractivity contribution in [3.63, 3.8) is 0 Å². The van der Waals surface area contributed by atoms with Crippen molar-refractivity contribution in [3.05, 3.63) is 77.3 Å². The molecule has 0 heterocycles. The van der Waals surface area contributed by atoms with Crippen LogP contribution < -0.4 is 10.1 Å². The van der Waals surface area contributed by atoms with Crippen molar-refractivity contribution in [2.24, 2.45) is 0 Å². The first-order valence-electron chi connectivity index (χ1n) is 7.83. The van der Waals surface area contributed by atoms with Gasteiger partial charge in [-0.2, -0.15) is 0 Å². The van der Waals surface area contributed by atoms with E-state index in [4.69, 9.17) is 16.3 Å². The number of nitrogens with one attached hydrogen (secondary N) is 1. The summed E-state index contributed by atoms with van der Waals surface area (Å²) in [5, 5.41) is 5.80. The van der Waals surface area contributed by atoms with Gasteiger partial charge in [-0.25, -0.2) is 0 Å². The fourth-order valence-electron chi connectivity index (χ4n) is 2.50. The van der Waals surface area contributed by atoms with Gasteiger partial charge in [-0.15, -0.1) is 0 Å². The Bertz CT molecular complexity index is 848. The van der Waals surface area contributed by atoms with Crippen LogP contribution >= 0.6 is 11.6 Å². The van der Waals surface area contributed by atoms with E-state index in [0.717, 1.165) is 22.8 Å². The molecule has 0 aliphatic carbocycles. The van der Waals surface area contributed by atoms with Crippen LogP contribution in [0.15, 0.2) is 66.7 Å². The lowest BCUT2D eigenvalue weighted by Gasteiger charge is -2.08. The summed E-state index contributed by atoms with van der Waals surface area (Å²) < 4.78 is 5.56. The topological polar surface area (TPSA) is 38.3 Å². The van der Waals surface area contributed by atoms with Crippen LogP contribution in [0.2, 0.25) is 5.02 Å². The van der Waals surface area contributed by atoms with Crippen LogP contribution in [0, 0.1) is 0 Å². The smallest absolute Gasteiger partial charge is 0.257 e. The minimum Gasteiger partial charge on any atom is -0.484 e. The van der Waals surface area contributed by atoms with E-state index in [1.54, 1.807) is 0 Å². The fraction of sp³-hybridized carbons (Fsp3) is 0.150. The Morgan fingerprint density at radius 1 is 0.958 bits per heavy atom. The van der Waals surface area contributed by atoms with Gasteiger partial charge in [0.05, 0.1) is 0 Å². The summed E-state index contributed by atoms with van der Waals surface area (Å²) in [4.78, 5) is 11.9. The third kappa shape index (κ3) is 4.49. The molecule has 4 heteroatoms. The summed E-state index contributed by atoms with van der Waals surface area (Å²) in [6.07, 6.45) is 0.738. The molecule has 1 amide bonds. The zero-order valence-electron chi connectivity index (χ0n) is 13.2. The number of benzene rings is 3. The zero-order valence-corrected chi connectivity index (χ0v) is 13.9. The summed E-state index contributed by atoms with van der Waals surface area (Å²) in [5.74, 6) is 0.559. The van der Waals surface area contributed by atoms with Gasteiger partial charge in [0.25, 0.3) is 5.91 Å². The highest BCUT2D eigenvalue weighted by atomic mass is 35.5. The lowest BCUT2D eigenvalue weighted by Crippen LogP contribution is -2.30. The van der Waals surface area contributed by atoms with Crippen molar-refractivity contribution in [2.45, 2.75) is 6.42 Å². The SMILES string of the molecule is O=C(COc1ccc2ccccc2c1)NCCc1cccc(Cl)c1. The van der Waals surface area contributed by atoms with Gasteiger partial charge in [0, 0.05) is 11.6 Å².